The van der Waals surface area contributed by atoms with Crippen LogP contribution in [0.25, 0.3) is 0 Å². The standard InChI is InChI=1S/C17H25FN2O/c1-16(2,3)19-15(21)17(9-11-20(4)12-10-17)13-7-5-6-8-14(13)18/h5-8H,9-12H2,1-4H3,(H,19,21). The molecule has 3 nitrogen and oxygen atoms in total. The van der Waals surface area contributed by atoms with Crippen LogP contribution in [0.4, 0.5) is 4.39 Å². The summed E-state index contributed by atoms with van der Waals surface area (Å²) in [6.45, 7) is 7.45. The van der Waals surface area contributed by atoms with Gasteiger partial charge in [0.15, 0.2) is 0 Å². The van der Waals surface area contributed by atoms with E-state index in [2.05, 4.69) is 10.2 Å². The summed E-state index contributed by atoms with van der Waals surface area (Å²) in [5.41, 5.74) is -0.552. The smallest absolute Gasteiger partial charge is 0.231 e. The van der Waals surface area contributed by atoms with Crippen LogP contribution in [-0.4, -0.2) is 36.5 Å². The average molecular weight is 292 g/mol. The molecule has 0 radical (unpaired) electrons. The lowest BCUT2D eigenvalue weighted by atomic mass is 9.71. The van der Waals surface area contributed by atoms with Crippen LogP contribution in [0.5, 0.6) is 0 Å². The Kier molecular flexibility index (Phi) is 4.38. The molecule has 1 aromatic carbocycles. The molecule has 0 aromatic heterocycles. The van der Waals surface area contributed by atoms with Crippen molar-refractivity contribution in [2.24, 2.45) is 0 Å². The van der Waals surface area contributed by atoms with Gasteiger partial charge < -0.3 is 10.2 Å². The summed E-state index contributed by atoms with van der Waals surface area (Å²) in [5.74, 6) is -0.348. The summed E-state index contributed by atoms with van der Waals surface area (Å²) >= 11 is 0. The Morgan fingerprint density at radius 2 is 1.81 bits per heavy atom. The number of likely N-dealkylation sites (tertiary alicyclic amines) is 1. The Hall–Kier alpha value is -1.42. The first kappa shape index (κ1) is 16.0. The van der Waals surface area contributed by atoms with Gasteiger partial charge in [0.25, 0.3) is 0 Å². The molecule has 0 spiro atoms. The topological polar surface area (TPSA) is 32.3 Å². The van der Waals surface area contributed by atoms with Crippen molar-refractivity contribution in [1.29, 1.82) is 0 Å². The minimum atomic E-state index is -0.759. The second kappa shape index (κ2) is 5.76. The SMILES string of the molecule is CN1CCC(C(=O)NC(C)(C)C)(c2ccccc2F)CC1. The highest BCUT2D eigenvalue weighted by molar-refractivity contribution is 5.89. The van der Waals surface area contributed by atoms with E-state index in [9.17, 15) is 9.18 Å². The number of piperidine rings is 1. The summed E-state index contributed by atoms with van der Waals surface area (Å²) in [5, 5.41) is 3.05. The van der Waals surface area contributed by atoms with E-state index in [1.165, 1.54) is 6.07 Å². The molecule has 1 N–H and O–H groups in total. The fourth-order valence-corrected chi connectivity index (χ4v) is 2.93. The molecule has 116 valence electrons. The van der Waals surface area contributed by atoms with Crippen LogP contribution in [0.2, 0.25) is 0 Å². The first-order valence-corrected chi connectivity index (χ1v) is 7.51. The zero-order chi connectivity index (χ0) is 15.7. The van der Waals surface area contributed by atoms with Crippen molar-refractivity contribution in [3.8, 4) is 0 Å². The van der Waals surface area contributed by atoms with Gasteiger partial charge in [-0.05, 0) is 59.8 Å². The maximum atomic E-state index is 14.3. The lowest BCUT2D eigenvalue weighted by Gasteiger charge is -2.41. The lowest BCUT2D eigenvalue weighted by Crippen LogP contribution is -2.55. The number of amides is 1. The maximum absolute atomic E-state index is 14.3. The molecule has 0 atom stereocenters. The fraction of sp³-hybridized carbons (Fsp3) is 0.588. The molecule has 4 heteroatoms. The molecule has 1 saturated heterocycles. The molecule has 0 aliphatic carbocycles. The van der Waals surface area contributed by atoms with Crippen molar-refractivity contribution in [3.63, 3.8) is 0 Å². The van der Waals surface area contributed by atoms with Crippen LogP contribution in [-0.2, 0) is 10.2 Å². The van der Waals surface area contributed by atoms with E-state index in [4.69, 9.17) is 0 Å². The number of rotatable bonds is 2. The molecule has 0 bridgehead atoms. The maximum Gasteiger partial charge on any atom is 0.231 e. The van der Waals surface area contributed by atoms with Crippen LogP contribution in [0.3, 0.4) is 0 Å². The van der Waals surface area contributed by atoms with Crippen LogP contribution in [0, 0.1) is 5.82 Å². The van der Waals surface area contributed by atoms with E-state index in [0.717, 1.165) is 13.1 Å². The third-order valence-corrected chi connectivity index (χ3v) is 4.15. The van der Waals surface area contributed by atoms with Gasteiger partial charge in [-0.15, -0.1) is 0 Å². The summed E-state index contributed by atoms with van der Waals surface area (Å²) < 4.78 is 14.3. The van der Waals surface area contributed by atoms with Crippen molar-refractivity contribution in [2.45, 2.75) is 44.6 Å². The zero-order valence-electron chi connectivity index (χ0n) is 13.4. The normalized spacial score (nSPS) is 19.3. The highest BCUT2D eigenvalue weighted by atomic mass is 19.1. The van der Waals surface area contributed by atoms with E-state index >= 15 is 0 Å². The monoisotopic (exact) mass is 292 g/mol. The van der Waals surface area contributed by atoms with Gasteiger partial charge in [-0.2, -0.15) is 0 Å². The Balaban J connectivity index is 2.41. The second-order valence-corrected chi connectivity index (χ2v) is 7.07. The van der Waals surface area contributed by atoms with Crippen molar-refractivity contribution >= 4 is 5.91 Å². The third kappa shape index (κ3) is 3.43. The second-order valence-electron chi connectivity index (χ2n) is 7.07. The number of carbonyl (C=O) groups excluding carboxylic acids is 1. The molecule has 2 rings (SSSR count). The van der Waals surface area contributed by atoms with E-state index in [0.29, 0.717) is 18.4 Å². The number of hydrogen-bond donors (Lipinski definition) is 1. The predicted octanol–water partition coefficient (Wildman–Crippen LogP) is 2.70. The Bertz CT molecular complexity index is 514. The van der Waals surface area contributed by atoms with Gasteiger partial charge in [0, 0.05) is 11.1 Å². The van der Waals surface area contributed by atoms with Crippen molar-refractivity contribution < 1.29 is 9.18 Å². The van der Waals surface area contributed by atoms with Crippen LogP contribution in [0.1, 0.15) is 39.2 Å². The molecule has 1 aliphatic rings. The number of nitrogens with one attached hydrogen (secondary N) is 1. The Morgan fingerprint density at radius 3 is 2.33 bits per heavy atom. The van der Waals surface area contributed by atoms with E-state index < -0.39 is 5.41 Å². The molecule has 1 fully saturated rings. The van der Waals surface area contributed by atoms with Gasteiger partial charge in [-0.25, -0.2) is 4.39 Å². The summed E-state index contributed by atoms with van der Waals surface area (Å²) in [4.78, 5) is 15.1. The number of hydrogen-bond acceptors (Lipinski definition) is 2. The molecule has 21 heavy (non-hydrogen) atoms. The number of benzene rings is 1. The van der Waals surface area contributed by atoms with E-state index in [1.807, 2.05) is 33.9 Å². The lowest BCUT2D eigenvalue weighted by molar-refractivity contribution is -0.130. The van der Waals surface area contributed by atoms with Gasteiger partial charge in [0.1, 0.15) is 5.82 Å². The summed E-state index contributed by atoms with van der Waals surface area (Å²) in [6.07, 6.45) is 1.29. The highest BCUT2D eigenvalue weighted by Gasteiger charge is 2.44. The van der Waals surface area contributed by atoms with Crippen LogP contribution >= 0.6 is 0 Å². The first-order chi connectivity index (χ1) is 9.74. The fourth-order valence-electron chi connectivity index (χ4n) is 2.93. The van der Waals surface area contributed by atoms with Gasteiger partial charge in [0.2, 0.25) is 5.91 Å². The molecule has 0 saturated carbocycles. The molecule has 0 unspecified atom stereocenters. The molecule has 1 amide bonds. The summed E-state index contributed by atoms with van der Waals surface area (Å²) in [6, 6.07) is 6.68. The Labute approximate surface area is 126 Å². The largest absolute Gasteiger partial charge is 0.351 e. The third-order valence-electron chi connectivity index (χ3n) is 4.15. The minimum absolute atomic E-state index is 0.0619. The molecular formula is C17H25FN2O. The Morgan fingerprint density at radius 1 is 1.24 bits per heavy atom. The highest BCUT2D eigenvalue weighted by Crippen LogP contribution is 2.37. The number of carbonyl (C=O) groups is 1. The number of halogens is 1. The molecular weight excluding hydrogens is 267 g/mol. The van der Waals surface area contributed by atoms with Gasteiger partial charge in [-0.1, -0.05) is 18.2 Å². The molecule has 1 heterocycles. The minimum Gasteiger partial charge on any atom is -0.351 e. The van der Waals surface area contributed by atoms with Crippen molar-refractivity contribution in [1.82, 2.24) is 10.2 Å². The van der Waals surface area contributed by atoms with E-state index in [-0.39, 0.29) is 17.3 Å². The van der Waals surface area contributed by atoms with Gasteiger partial charge in [0.05, 0.1) is 5.41 Å². The summed E-state index contributed by atoms with van der Waals surface area (Å²) in [7, 11) is 2.03. The van der Waals surface area contributed by atoms with Crippen molar-refractivity contribution in [3.05, 3.63) is 35.6 Å². The number of nitrogens with zero attached hydrogens (tertiary/aromatic N) is 1. The van der Waals surface area contributed by atoms with Crippen LogP contribution < -0.4 is 5.32 Å². The van der Waals surface area contributed by atoms with Crippen molar-refractivity contribution in [2.75, 3.05) is 20.1 Å². The zero-order valence-corrected chi connectivity index (χ0v) is 13.4. The molecule has 1 aliphatic heterocycles. The van der Waals surface area contributed by atoms with E-state index in [1.54, 1.807) is 12.1 Å². The molecule has 1 aromatic rings. The quantitative estimate of drug-likeness (QED) is 0.909. The van der Waals surface area contributed by atoms with Gasteiger partial charge in [-0.3, -0.25) is 4.79 Å². The first-order valence-electron chi connectivity index (χ1n) is 7.51. The van der Waals surface area contributed by atoms with Gasteiger partial charge >= 0.3 is 0 Å². The predicted molar refractivity (Wildman–Crippen MR) is 82.7 cm³/mol. The average Bonchev–Trinajstić information content (AvgIpc) is 2.39. The van der Waals surface area contributed by atoms with Crippen LogP contribution in [0.15, 0.2) is 24.3 Å².